The fourth-order valence-corrected chi connectivity index (χ4v) is 1.76. The minimum atomic E-state index is -0.477. The summed E-state index contributed by atoms with van der Waals surface area (Å²) < 4.78 is 0. The molecule has 0 amide bonds. The molecule has 3 heteroatoms. The average Bonchev–Trinajstić information content (AvgIpc) is 2.28. The third-order valence-corrected chi connectivity index (χ3v) is 2.67. The van der Waals surface area contributed by atoms with Crippen molar-refractivity contribution in [2.75, 3.05) is 5.32 Å². The normalized spacial score (nSPS) is 18.9. The van der Waals surface area contributed by atoms with E-state index in [9.17, 15) is 0 Å². The molecule has 3 nitrogen and oxygen atoms in total. The first-order valence-corrected chi connectivity index (χ1v) is 4.93. The second-order valence-corrected chi connectivity index (χ2v) is 4.25. The SMILES string of the molecule is CC(C)(C#N)C1N=CNc2ccccc21. The van der Waals surface area contributed by atoms with Crippen molar-refractivity contribution in [3.05, 3.63) is 29.8 Å². The first kappa shape index (κ1) is 9.72. The second kappa shape index (κ2) is 3.39. The third-order valence-electron chi connectivity index (χ3n) is 2.67. The fraction of sp³-hybridized carbons (Fsp3) is 0.333. The monoisotopic (exact) mass is 199 g/mol. The summed E-state index contributed by atoms with van der Waals surface area (Å²) in [5, 5.41) is 12.2. The summed E-state index contributed by atoms with van der Waals surface area (Å²) in [5.74, 6) is 0. The van der Waals surface area contributed by atoms with Crippen LogP contribution in [0.3, 0.4) is 0 Å². The van der Waals surface area contributed by atoms with Gasteiger partial charge in [-0.25, -0.2) is 0 Å². The zero-order chi connectivity index (χ0) is 10.9. The van der Waals surface area contributed by atoms with E-state index in [-0.39, 0.29) is 6.04 Å². The molecule has 0 aliphatic carbocycles. The van der Waals surface area contributed by atoms with E-state index in [0.29, 0.717) is 0 Å². The van der Waals surface area contributed by atoms with Gasteiger partial charge in [-0.05, 0) is 19.9 Å². The van der Waals surface area contributed by atoms with Crippen molar-refractivity contribution in [2.24, 2.45) is 10.4 Å². The molecule has 0 saturated carbocycles. The van der Waals surface area contributed by atoms with Crippen LogP contribution in [0.1, 0.15) is 25.5 Å². The van der Waals surface area contributed by atoms with Gasteiger partial charge in [0.1, 0.15) is 0 Å². The van der Waals surface area contributed by atoms with Crippen LogP contribution < -0.4 is 5.32 Å². The molecule has 0 aromatic heterocycles. The second-order valence-electron chi connectivity index (χ2n) is 4.25. The molecule has 0 bridgehead atoms. The van der Waals surface area contributed by atoms with Crippen LogP contribution in [-0.4, -0.2) is 6.34 Å². The summed E-state index contributed by atoms with van der Waals surface area (Å²) in [7, 11) is 0. The van der Waals surface area contributed by atoms with Crippen molar-refractivity contribution >= 4 is 12.0 Å². The molecule has 76 valence electrons. The zero-order valence-corrected chi connectivity index (χ0v) is 8.86. The molecular weight excluding hydrogens is 186 g/mol. The van der Waals surface area contributed by atoms with E-state index >= 15 is 0 Å². The van der Waals surface area contributed by atoms with Gasteiger partial charge in [-0.2, -0.15) is 5.26 Å². The van der Waals surface area contributed by atoms with Crippen LogP contribution in [0.15, 0.2) is 29.3 Å². The Morgan fingerprint density at radius 3 is 2.87 bits per heavy atom. The van der Waals surface area contributed by atoms with E-state index in [1.165, 1.54) is 0 Å². The molecule has 0 saturated heterocycles. The Kier molecular flexibility index (Phi) is 2.20. The van der Waals surface area contributed by atoms with E-state index in [2.05, 4.69) is 16.4 Å². The van der Waals surface area contributed by atoms with Crippen LogP contribution in [0, 0.1) is 16.7 Å². The first-order chi connectivity index (χ1) is 7.15. The molecule has 1 N–H and O–H groups in total. The Hall–Kier alpha value is -1.82. The van der Waals surface area contributed by atoms with Gasteiger partial charge in [0.2, 0.25) is 0 Å². The molecule has 1 unspecified atom stereocenters. The summed E-state index contributed by atoms with van der Waals surface area (Å²) in [6.07, 6.45) is 1.67. The Balaban J connectivity index is 2.48. The number of rotatable bonds is 1. The maximum Gasteiger partial charge on any atom is 0.0967 e. The predicted octanol–water partition coefficient (Wildman–Crippen LogP) is 2.73. The quantitative estimate of drug-likeness (QED) is 0.756. The van der Waals surface area contributed by atoms with E-state index in [1.807, 2.05) is 38.1 Å². The van der Waals surface area contributed by atoms with Crippen molar-refractivity contribution < 1.29 is 0 Å². The number of nitrogens with one attached hydrogen (secondary N) is 1. The number of anilines is 1. The minimum absolute atomic E-state index is 0.0834. The van der Waals surface area contributed by atoms with E-state index in [4.69, 9.17) is 5.26 Å². The summed E-state index contributed by atoms with van der Waals surface area (Å²) in [6, 6.07) is 10.2. The molecule has 0 radical (unpaired) electrons. The molecule has 2 rings (SSSR count). The van der Waals surface area contributed by atoms with E-state index in [1.54, 1.807) is 6.34 Å². The summed E-state index contributed by atoms with van der Waals surface area (Å²) in [6.45, 7) is 3.83. The van der Waals surface area contributed by atoms with E-state index < -0.39 is 5.41 Å². The largest absolute Gasteiger partial charge is 0.346 e. The third kappa shape index (κ3) is 1.59. The number of fused-ring (bicyclic) bond motifs is 1. The van der Waals surface area contributed by atoms with Crippen LogP contribution in [0.25, 0.3) is 0 Å². The lowest BCUT2D eigenvalue weighted by Crippen LogP contribution is -2.23. The van der Waals surface area contributed by atoms with Gasteiger partial charge in [-0.3, -0.25) is 4.99 Å². The highest BCUT2D eigenvalue weighted by atomic mass is 15.0. The molecule has 1 aromatic carbocycles. The number of nitriles is 1. The molecule has 0 fully saturated rings. The number of hydrogen-bond acceptors (Lipinski definition) is 3. The number of nitrogens with zero attached hydrogens (tertiary/aromatic N) is 2. The van der Waals surface area contributed by atoms with Gasteiger partial charge >= 0.3 is 0 Å². The Labute approximate surface area is 89.5 Å². The molecule has 1 aromatic rings. The van der Waals surface area contributed by atoms with Crippen molar-refractivity contribution in [1.29, 1.82) is 5.26 Å². The lowest BCUT2D eigenvalue weighted by molar-refractivity contribution is 0.396. The summed E-state index contributed by atoms with van der Waals surface area (Å²) >= 11 is 0. The predicted molar refractivity (Wildman–Crippen MR) is 60.7 cm³/mol. The number of benzene rings is 1. The van der Waals surface area contributed by atoms with Gasteiger partial charge in [-0.15, -0.1) is 0 Å². The molecule has 1 atom stereocenters. The lowest BCUT2D eigenvalue weighted by Gasteiger charge is -2.29. The molecule has 1 heterocycles. The standard InChI is InChI=1S/C12H13N3/c1-12(2,7-13)11-9-5-3-4-6-10(9)14-8-15-11/h3-6,8,11H,1-2H3,(H,14,15). The van der Waals surface area contributed by atoms with Gasteiger partial charge in [0, 0.05) is 11.3 Å². The fourth-order valence-electron chi connectivity index (χ4n) is 1.76. The lowest BCUT2D eigenvalue weighted by atomic mass is 9.81. The smallest absolute Gasteiger partial charge is 0.0967 e. The van der Waals surface area contributed by atoms with Gasteiger partial charge in [0.25, 0.3) is 0 Å². The highest BCUT2D eigenvalue weighted by Crippen LogP contribution is 2.40. The molecular formula is C12H13N3. The molecule has 1 aliphatic heterocycles. The number of hydrogen-bond donors (Lipinski definition) is 1. The van der Waals surface area contributed by atoms with Crippen molar-refractivity contribution in [3.8, 4) is 6.07 Å². The highest BCUT2D eigenvalue weighted by Gasteiger charge is 2.33. The number of aliphatic imine (C=N–C) groups is 1. The van der Waals surface area contributed by atoms with Crippen LogP contribution in [0.4, 0.5) is 5.69 Å². The molecule has 15 heavy (non-hydrogen) atoms. The highest BCUT2D eigenvalue weighted by molar-refractivity contribution is 5.80. The maximum absolute atomic E-state index is 9.13. The van der Waals surface area contributed by atoms with Gasteiger partial charge in [0.15, 0.2) is 0 Å². The Morgan fingerprint density at radius 2 is 2.13 bits per heavy atom. The molecule has 0 spiro atoms. The van der Waals surface area contributed by atoms with E-state index in [0.717, 1.165) is 11.3 Å². The van der Waals surface area contributed by atoms with Gasteiger partial charge in [0.05, 0.1) is 23.9 Å². The topological polar surface area (TPSA) is 48.2 Å². The van der Waals surface area contributed by atoms with Gasteiger partial charge < -0.3 is 5.32 Å². The Morgan fingerprint density at radius 1 is 1.40 bits per heavy atom. The van der Waals surface area contributed by atoms with Crippen molar-refractivity contribution in [1.82, 2.24) is 0 Å². The number of para-hydroxylation sites is 1. The van der Waals surface area contributed by atoms with Crippen LogP contribution in [-0.2, 0) is 0 Å². The maximum atomic E-state index is 9.13. The van der Waals surface area contributed by atoms with Crippen LogP contribution in [0.5, 0.6) is 0 Å². The van der Waals surface area contributed by atoms with Crippen LogP contribution in [0.2, 0.25) is 0 Å². The van der Waals surface area contributed by atoms with Gasteiger partial charge in [-0.1, -0.05) is 18.2 Å². The summed E-state index contributed by atoms with van der Waals surface area (Å²) in [4.78, 5) is 4.35. The molecule has 1 aliphatic rings. The van der Waals surface area contributed by atoms with Crippen LogP contribution >= 0.6 is 0 Å². The average molecular weight is 199 g/mol. The first-order valence-electron chi connectivity index (χ1n) is 4.93. The summed E-state index contributed by atoms with van der Waals surface area (Å²) in [5.41, 5.74) is 1.65. The minimum Gasteiger partial charge on any atom is -0.346 e. The van der Waals surface area contributed by atoms with Crippen molar-refractivity contribution in [3.63, 3.8) is 0 Å². The zero-order valence-electron chi connectivity index (χ0n) is 8.86. The Bertz CT molecular complexity index is 440. The van der Waals surface area contributed by atoms with Crippen molar-refractivity contribution in [2.45, 2.75) is 19.9 Å².